The molecule has 2 saturated heterocycles. The molecule has 10 nitrogen and oxygen atoms in total. The molecule has 3 aliphatic heterocycles. The zero-order chi connectivity index (χ0) is 32.1. The van der Waals surface area contributed by atoms with Crippen molar-refractivity contribution in [1.29, 1.82) is 0 Å². The maximum Gasteiger partial charge on any atom is 0.209 e. The molecule has 240 valence electrons. The number of nitrogens with zero attached hydrogens (tertiary/aromatic N) is 4. The molecule has 1 aliphatic carbocycles. The van der Waals surface area contributed by atoms with E-state index in [1.54, 1.807) is 0 Å². The number of aromatic amines is 1. The van der Waals surface area contributed by atoms with Crippen LogP contribution in [0.15, 0.2) is 77.8 Å². The molecule has 6 heterocycles. The van der Waals surface area contributed by atoms with Crippen LogP contribution in [0.2, 0.25) is 0 Å². The van der Waals surface area contributed by atoms with E-state index in [0.29, 0.717) is 23.4 Å². The first kappa shape index (κ1) is 29.7. The SMILES string of the molecule is CS(=O)(=O)NCc1cc(F)cc(C2=CC=C3NC3c3[nH]c(C4=NNCc5ccc(-c6cncc(CN7CCCCC7)c6)nc54)cc32)c1. The second kappa shape index (κ2) is 11.9. The molecule has 0 amide bonds. The van der Waals surface area contributed by atoms with Crippen LogP contribution in [0, 0.1) is 5.82 Å². The first-order valence-corrected chi connectivity index (χ1v) is 17.8. The molecular formula is C35H35FN8O2S. The fraction of sp³-hybridized carbons (Fsp3) is 0.286. The van der Waals surface area contributed by atoms with E-state index in [-0.39, 0.29) is 12.6 Å². The molecule has 0 bridgehead atoms. The van der Waals surface area contributed by atoms with Crippen molar-refractivity contribution < 1.29 is 12.8 Å². The number of benzene rings is 1. The molecule has 0 saturated carbocycles. The molecule has 4 aromatic rings. The zero-order valence-electron chi connectivity index (χ0n) is 26.0. The second-order valence-corrected chi connectivity index (χ2v) is 14.5. The lowest BCUT2D eigenvalue weighted by Gasteiger charge is -2.26. The highest BCUT2D eigenvalue weighted by molar-refractivity contribution is 7.88. The minimum Gasteiger partial charge on any atom is -0.373 e. The summed E-state index contributed by atoms with van der Waals surface area (Å²) in [6.07, 6.45) is 12.7. The van der Waals surface area contributed by atoms with E-state index in [0.717, 1.165) is 76.6 Å². The summed E-state index contributed by atoms with van der Waals surface area (Å²) in [6.45, 7) is 3.70. The monoisotopic (exact) mass is 650 g/mol. The smallest absolute Gasteiger partial charge is 0.209 e. The average molecular weight is 651 g/mol. The molecule has 0 spiro atoms. The Morgan fingerprint density at radius 2 is 1.85 bits per heavy atom. The molecule has 47 heavy (non-hydrogen) atoms. The molecule has 1 aromatic carbocycles. The van der Waals surface area contributed by atoms with Gasteiger partial charge >= 0.3 is 0 Å². The summed E-state index contributed by atoms with van der Waals surface area (Å²) in [5, 5.41) is 8.13. The lowest BCUT2D eigenvalue weighted by molar-refractivity contribution is 0.220. The standard InChI is InChI=1S/C35H35FN8O2S/c1-47(45,46)39-17-21-11-24(14-26(36)13-21)27-6-8-30-34(41-30)33-28(27)15-31(42-33)35-32-23(19-38-43-35)5-7-29(40-32)25-12-22(16-37-18-25)20-44-9-3-2-4-10-44/h5-8,11-16,18,34,38-39,41-42H,2-4,9-10,17,19-20H2,1H3. The number of sulfonamides is 1. The minimum absolute atomic E-state index is 0.00265. The van der Waals surface area contributed by atoms with E-state index in [2.05, 4.69) is 42.5 Å². The first-order chi connectivity index (χ1) is 22.8. The third-order valence-corrected chi connectivity index (χ3v) is 9.74. The normalized spacial score (nSPS) is 18.8. The largest absolute Gasteiger partial charge is 0.373 e. The fourth-order valence-corrected chi connectivity index (χ4v) is 7.14. The Morgan fingerprint density at radius 3 is 2.70 bits per heavy atom. The highest BCUT2D eigenvalue weighted by Gasteiger charge is 2.37. The maximum absolute atomic E-state index is 14.9. The van der Waals surface area contributed by atoms with Gasteiger partial charge in [0.2, 0.25) is 10.0 Å². The Hall–Kier alpha value is -4.65. The third kappa shape index (κ3) is 6.23. The Morgan fingerprint density at radius 1 is 1.00 bits per heavy atom. The predicted octanol–water partition coefficient (Wildman–Crippen LogP) is 4.48. The molecule has 8 rings (SSSR count). The third-order valence-electron chi connectivity index (χ3n) is 9.07. The molecule has 2 fully saturated rings. The van der Waals surface area contributed by atoms with Gasteiger partial charge < -0.3 is 15.7 Å². The number of allylic oxidation sites excluding steroid dienone is 2. The van der Waals surface area contributed by atoms with E-state index < -0.39 is 15.8 Å². The summed E-state index contributed by atoms with van der Waals surface area (Å²) in [5.41, 5.74) is 14.4. The van der Waals surface area contributed by atoms with Crippen LogP contribution >= 0.6 is 0 Å². The van der Waals surface area contributed by atoms with Crippen molar-refractivity contribution in [2.24, 2.45) is 5.10 Å². The zero-order valence-corrected chi connectivity index (χ0v) is 26.8. The molecule has 3 aromatic heterocycles. The van der Waals surface area contributed by atoms with Crippen molar-refractivity contribution >= 4 is 21.3 Å². The van der Waals surface area contributed by atoms with Gasteiger partial charge in [-0.3, -0.25) is 9.88 Å². The van der Waals surface area contributed by atoms with Crippen LogP contribution in [0.4, 0.5) is 4.39 Å². The lowest BCUT2D eigenvalue weighted by atomic mass is 9.95. The van der Waals surface area contributed by atoms with E-state index in [1.807, 2.05) is 42.7 Å². The molecule has 12 heteroatoms. The number of halogens is 1. The van der Waals surface area contributed by atoms with Crippen LogP contribution in [-0.4, -0.2) is 53.3 Å². The van der Waals surface area contributed by atoms with E-state index in [9.17, 15) is 12.8 Å². The number of H-pyrrole nitrogens is 1. The van der Waals surface area contributed by atoms with Crippen molar-refractivity contribution in [3.05, 3.63) is 123 Å². The van der Waals surface area contributed by atoms with Crippen LogP contribution in [0.5, 0.6) is 0 Å². The average Bonchev–Trinajstić information content (AvgIpc) is 3.74. The highest BCUT2D eigenvalue weighted by atomic mass is 32.2. The van der Waals surface area contributed by atoms with Crippen LogP contribution < -0.4 is 15.5 Å². The summed E-state index contributed by atoms with van der Waals surface area (Å²) >= 11 is 0. The first-order valence-electron chi connectivity index (χ1n) is 15.9. The number of likely N-dealkylation sites (tertiary alicyclic amines) is 1. The fourth-order valence-electron chi connectivity index (χ4n) is 6.71. The summed E-state index contributed by atoms with van der Waals surface area (Å²) < 4.78 is 40.7. The molecule has 4 aliphatic rings. The number of rotatable bonds is 8. The van der Waals surface area contributed by atoms with Gasteiger partial charge in [0.1, 0.15) is 17.6 Å². The van der Waals surface area contributed by atoms with E-state index in [4.69, 9.17) is 10.1 Å². The lowest BCUT2D eigenvalue weighted by Crippen LogP contribution is -2.29. The Labute approximate surface area is 273 Å². The van der Waals surface area contributed by atoms with E-state index in [1.165, 1.54) is 37.0 Å². The van der Waals surface area contributed by atoms with Gasteiger partial charge in [0.15, 0.2) is 0 Å². The topological polar surface area (TPSA) is 137 Å². The number of hydrogen-bond donors (Lipinski definition) is 4. The number of fused-ring (bicyclic) bond motifs is 4. The van der Waals surface area contributed by atoms with Crippen LogP contribution in [-0.2, 0) is 29.7 Å². The highest BCUT2D eigenvalue weighted by Crippen LogP contribution is 2.43. The van der Waals surface area contributed by atoms with Gasteiger partial charge in [-0.05, 0) is 90.7 Å². The Kier molecular flexibility index (Phi) is 7.50. The minimum atomic E-state index is -3.43. The predicted molar refractivity (Wildman–Crippen MR) is 179 cm³/mol. The second-order valence-electron chi connectivity index (χ2n) is 12.6. The molecule has 0 radical (unpaired) electrons. The van der Waals surface area contributed by atoms with Crippen LogP contribution in [0.25, 0.3) is 16.8 Å². The summed E-state index contributed by atoms with van der Waals surface area (Å²) in [5.74, 6) is -0.438. The van der Waals surface area contributed by atoms with E-state index >= 15 is 0 Å². The molecule has 1 atom stereocenters. The van der Waals surface area contributed by atoms with Gasteiger partial charge in [-0.15, -0.1) is 0 Å². The number of aromatic nitrogens is 3. The number of nitrogens with one attached hydrogen (secondary N) is 4. The summed E-state index contributed by atoms with van der Waals surface area (Å²) in [7, 11) is -3.43. The van der Waals surface area contributed by atoms with Gasteiger partial charge in [0.25, 0.3) is 0 Å². The maximum atomic E-state index is 14.9. The Balaban J connectivity index is 1.13. The van der Waals surface area contributed by atoms with Gasteiger partial charge in [-0.25, -0.2) is 22.5 Å². The number of piperidine rings is 1. The molecular weight excluding hydrogens is 616 g/mol. The van der Waals surface area contributed by atoms with Crippen molar-refractivity contribution in [3.63, 3.8) is 0 Å². The summed E-state index contributed by atoms with van der Waals surface area (Å²) in [4.78, 5) is 15.8. The van der Waals surface area contributed by atoms with Crippen molar-refractivity contribution in [2.75, 3.05) is 19.3 Å². The van der Waals surface area contributed by atoms with Crippen LogP contribution in [0.1, 0.15) is 70.2 Å². The van der Waals surface area contributed by atoms with Gasteiger partial charge in [-0.1, -0.05) is 18.6 Å². The number of hydrogen-bond acceptors (Lipinski definition) is 8. The quantitative estimate of drug-likeness (QED) is 0.207. The molecule has 4 N–H and O–H groups in total. The molecule has 1 unspecified atom stereocenters. The van der Waals surface area contributed by atoms with Gasteiger partial charge in [0.05, 0.1) is 35.6 Å². The Bertz CT molecular complexity index is 2100. The number of pyridine rings is 2. The van der Waals surface area contributed by atoms with Crippen molar-refractivity contribution in [3.8, 4) is 11.3 Å². The van der Waals surface area contributed by atoms with Gasteiger partial charge in [-0.2, -0.15) is 5.10 Å². The van der Waals surface area contributed by atoms with Crippen molar-refractivity contribution in [2.45, 2.75) is 44.9 Å². The van der Waals surface area contributed by atoms with Crippen LogP contribution in [0.3, 0.4) is 0 Å². The van der Waals surface area contributed by atoms with Crippen molar-refractivity contribution in [1.82, 2.24) is 35.3 Å². The van der Waals surface area contributed by atoms with Gasteiger partial charge in [0, 0.05) is 47.9 Å². The summed E-state index contributed by atoms with van der Waals surface area (Å²) in [6, 6.07) is 13.0. The number of hydrazone groups is 1.